The van der Waals surface area contributed by atoms with Gasteiger partial charge < -0.3 is 0 Å². The lowest BCUT2D eigenvalue weighted by Crippen LogP contribution is -2.36. The smallest absolute Gasteiger partial charge is 0.208 e. The summed E-state index contributed by atoms with van der Waals surface area (Å²) in [5.74, 6) is 0. The van der Waals surface area contributed by atoms with Gasteiger partial charge in [-0.2, -0.15) is 0 Å². The van der Waals surface area contributed by atoms with Crippen LogP contribution in [0.25, 0.3) is 11.1 Å². The molecule has 2 fully saturated rings. The molecule has 33 heavy (non-hydrogen) atoms. The van der Waals surface area contributed by atoms with Crippen LogP contribution in [0.4, 0.5) is 0 Å². The Morgan fingerprint density at radius 2 is 0.970 bits per heavy atom. The highest BCUT2D eigenvalue weighted by atomic mass is 32.2. The molecule has 178 valence electrons. The molecule has 0 heterocycles. The molecule has 0 atom stereocenters. The quantitative estimate of drug-likeness (QED) is 0.535. The van der Waals surface area contributed by atoms with E-state index in [1.807, 2.05) is 12.1 Å². The maximum absolute atomic E-state index is 12.9. The van der Waals surface area contributed by atoms with Crippen LogP contribution in [-0.4, -0.2) is 28.9 Å². The highest BCUT2D eigenvalue weighted by Gasteiger charge is 2.27. The van der Waals surface area contributed by atoms with Gasteiger partial charge in [-0.15, -0.1) is 0 Å². The van der Waals surface area contributed by atoms with E-state index < -0.39 is 20.0 Å². The van der Waals surface area contributed by atoms with Gasteiger partial charge in [0.15, 0.2) is 0 Å². The van der Waals surface area contributed by atoms with Gasteiger partial charge in [0.25, 0.3) is 0 Å². The van der Waals surface area contributed by atoms with Crippen molar-refractivity contribution in [3.8, 4) is 11.1 Å². The van der Waals surface area contributed by atoms with Crippen molar-refractivity contribution in [1.29, 1.82) is 0 Å². The number of hydrogen-bond acceptors (Lipinski definition) is 4. The molecule has 2 aromatic rings. The third kappa shape index (κ3) is 4.90. The Kier molecular flexibility index (Phi) is 6.37. The summed E-state index contributed by atoms with van der Waals surface area (Å²) in [5.41, 5.74) is 3.80. The highest BCUT2D eigenvalue weighted by Crippen LogP contribution is 2.39. The highest BCUT2D eigenvalue weighted by molar-refractivity contribution is 7.89. The monoisotopic (exact) mass is 488 g/mol. The molecule has 2 saturated carbocycles. The van der Waals surface area contributed by atoms with Gasteiger partial charge in [0.05, 0.1) is 9.79 Å². The number of benzene rings is 2. The number of sulfonamides is 2. The summed E-state index contributed by atoms with van der Waals surface area (Å²) in [7, 11) is -7.15. The SMILES string of the molecule is O=S(=O)(NC1CCCCC1)c1ccc2c(c1)Cc1cc(S(=O)(=O)NC3CCCCC3)ccc1-2. The Morgan fingerprint density at radius 1 is 0.576 bits per heavy atom. The second-order valence-electron chi connectivity index (χ2n) is 9.73. The molecule has 3 aliphatic carbocycles. The molecule has 2 N–H and O–H groups in total. The van der Waals surface area contributed by atoms with Crippen LogP contribution < -0.4 is 9.44 Å². The van der Waals surface area contributed by atoms with Crippen LogP contribution in [0.3, 0.4) is 0 Å². The zero-order chi connectivity index (χ0) is 23.1. The van der Waals surface area contributed by atoms with Gasteiger partial charge >= 0.3 is 0 Å². The van der Waals surface area contributed by atoms with E-state index in [1.165, 1.54) is 12.8 Å². The summed E-state index contributed by atoms with van der Waals surface area (Å²) in [4.78, 5) is 0.567. The maximum atomic E-state index is 12.9. The van der Waals surface area contributed by atoms with Crippen molar-refractivity contribution < 1.29 is 16.8 Å². The Labute approximate surface area is 197 Å². The zero-order valence-corrected chi connectivity index (χ0v) is 20.5. The minimum absolute atomic E-state index is 0.0126. The second-order valence-corrected chi connectivity index (χ2v) is 13.2. The van der Waals surface area contributed by atoms with Gasteiger partial charge in [0, 0.05) is 12.1 Å². The van der Waals surface area contributed by atoms with Crippen molar-refractivity contribution in [1.82, 2.24) is 9.44 Å². The van der Waals surface area contributed by atoms with E-state index in [4.69, 9.17) is 0 Å². The van der Waals surface area contributed by atoms with Gasteiger partial charge in [-0.1, -0.05) is 50.7 Å². The zero-order valence-electron chi connectivity index (χ0n) is 18.8. The molecule has 0 aromatic heterocycles. The molecule has 0 bridgehead atoms. The Hall–Kier alpha value is -1.74. The average molecular weight is 489 g/mol. The normalized spacial score (nSPS) is 19.9. The number of nitrogens with one attached hydrogen (secondary N) is 2. The van der Waals surface area contributed by atoms with Crippen LogP contribution in [0.15, 0.2) is 46.2 Å². The Balaban J connectivity index is 1.35. The third-order valence-electron chi connectivity index (χ3n) is 7.30. The molecule has 3 aliphatic rings. The lowest BCUT2D eigenvalue weighted by molar-refractivity contribution is 0.412. The molecular weight excluding hydrogens is 456 g/mol. The van der Waals surface area contributed by atoms with Gasteiger partial charge in [-0.25, -0.2) is 26.3 Å². The van der Waals surface area contributed by atoms with E-state index in [0.717, 1.165) is 73.6 Å². The van der Waals surface area contributed by atoms with Crippen molar-refractivity contribution in [2.24, 2.45) is 0 Å². The van der Waals surface area contributed by atoms with Crippen LogP contribution >= 0.6 is 0 Å². The molecule has 0 unspecified atom stereocenters. The predicted molar refractivity (Wildman–Crippen MR) is 129 cm³/mol. The Bertz CT molecular complexity index is 1150. The molecule has 5 rings (SSSR count). The molecule has 2 aromatic carbocycles. The summed E-state index contributed by atoms with van der Waals surface area (Å²) >= 11 is 0. The average Bonchev–Trinajstić information content (AvgIpc) is 3.17. The van der Waals surface area contributed by atoms with E-state index in [-0.39, 0.29) is 21.9 Å². The van der Waals surface area contributed by atoms with Gasteiger partial charge in [-0.3, -0.25) is 0 Å². The standard InChI is InChI=1S/C25H32N2O4S2/c28-32(29,26-20-7-3-1-4-8-20)22-11-13-24-18(16-22)15-19-17-23(12-14-25(19)24)33(30,31)27-21-9-5-2-6-10-21/h11-14,16-17,20-21,26-27H,1-10,15H2. The van der Waals surface area contributed by atoms with Crippen LogP contribution in [0.5, 0.6) is 0 Å². The Morgan fingerprint density at radius 3 is 1.36 bits per heavy atom. The van der Waals surface area contributed by atoms with Crippen LogP contribution in [0.1, 0.15) is 75.3 Å². The fourth-order valence-electron chi connectivity index (χ4n) is 5.51. The second kappa shape index (κ2) is 9.13. The molecule has 8 heteroatoms. The molecule has 0 radical (unpaired) electrons. The van der Waals surface area contributed by atoms with E-state index >= 15 is 0 Å². The van der Waals surface area contributed by atoms with E-state index in [9.17, 15) is 16.8 Å². The first-order valence-corrected chi connectivity index (χ1v) is 15.1. The molecule has 0 saturated heterocycles. The van der Waals surface area contributed by atoms with Crippen LogP contribution in [-0.2, 0) is 26.5 Å². The lowest BCUT2D eigenvalue weighted by Gasteiger charge is -2.22. The molecule has 0 amide bonds. The first-order valence-electron chi connectivity index (χ1n) is 12.1. The lowest BCUT2D eigenvalue weighted by atomic mass is 9.96. The number of rotatable bonds is 6. The van der Waals surface area contributed by atoms with Crippen LogP contribution in [0, 0.1) is 0 Å². The first-order chi connectivity index (χ1) is 15.8. The van der Waals surface area contributed by atoms with Crippen molar-refractivity contribution in [3.05, 3.63) is 47.5 Å². The van der Waals surface area contributed by atoms with Crippen LogP contribution in [0.2, 0.25) is 0 Å². The summed E-state index contributed by atoms with van der Waals surface area (Å²) in [6.45, 7) is 0. The molecule has 0 spiro atoms. The minimum atomic E-state index is -3.57. The minimum Gasteiger partial charge on any atom is -0.208 e. The van der Waals surface area contributed by atoms with Gasteiger partial charge in [0.2, 0.25) is 20.0 Å². The van der Waals surface area contributed by atoms with Crippen molar-refractivity contribution in [2.45, 2.75) is 92.5 Å². The third-order valence-corrected chi connectivity index (χ3v) is 10.3. The summed E-state index contributed by atoms with van der Waals surface area (Å²) in [6, 6.07) is 10.5. The molecule has 6 nitrogen and oxygen atoms in total. The van der Waals surface area contributed by atoms with E-state index in [2.05, 4.69) is 9.44 Å². The molecular formula is C25H32N2O4S2. The molecule has 0 aliphatic heterocycles. The predicted octanol–water partition coefficient (Wildman–Crippen LogP) is 4.48. The fraction of sp³-hybridized carbons (Fsp3) is 0.520. The van der Waals surface area contributed by atoms with Gasteiger partial charge in [-0.05, 0) is 78.6 Å². The van der Waals surface area contributed by atoms with Crippen molar-refractivity contribution in [2.75, 3.05) is 0 Å². The van der Waals surface area contributed by atoms with Crippen molar-refractivity contribution in [3.63, 3.8) is 0 Å². The van der Waals surface area contributed by atoms with E-state index in [0.29, 0.717) is 6.42 Å². The number of hydrogen-bond donors (Lipinski definition) is 2. The topological polar surface area (TPSA) is 92.3 Å². The largest absolute Gasteiger partial charge is 0.240 e. The number of fused-ring (bicyclic) bond motifs is 3. The van der Waals surface area contributed by atoms with E-state index in [1.54, 1.807) is 24.3 Å². The summed E-state index contributed by atoms with van der Waals surface area (Å²) in [5, 5.41) is 0. The summed E-state index contributed by atoms with van der Waals surface area (Å²) < 4.78 is 57.5. The van der Waals surface area contributed by atoms with Crippen molar-refractivity contribution >= 4 is 20.0 Å². The first kappa shape index (κ1) is 23.0. The fourth-order valence-corrected chi connectivity index (χ4v) is 8.22. The summed E-state index contributed by atoms with van der Waals surface area (Å²) in [6.07, 6.45) is 10.7. The maximum Gasteiger partial charge on any atom is 0.240 e. The van der Waals surface area contributed by atoms with Gasteiger partial charge in [0.1, 0.15) is 0 Å².